The standard InChI is InChI=1S/C20H24N6O3S2/c1-4-14(26-18(21)24-25-20(26)30-5-2)16(27)23-19-22-12(3)15(31-19)17(28)29-11-13-9-7-6-8-10-13/h6-10,14H,4-5,11H2,1-3H3,(H2,21,24)(H,22,23,27). The normalized spacial score (nSPS) is 11.8. The number of thiazole rings is 1. The number of carbonyl (C=O) groups is 2. The zero-order valence-corrected chi connectivity index (χ0v) is 19.1. The van der Waals surface area contributed by atoms with Crippen molar-refractivity contribution in [3.05, 3.63) is 46.5 Å². The van der Waals surface area contributed by atoms with E-state index in [-0.39, 0.29) is 18.5 Å². The molecule has 164 valence electrons. The lowest BCUT2D eigenvalue weighted by molar-refractivity contribution is -0.119. The molecule has 3 aromatic rings. The first-order valence-corrected chi connectivity index (χ1v) is 11.6. The van der Waals surface area contributed by atoms with Gasteiger partial charge in [-0.25, -0.2) is 9.78 Å². The topological polar surface area (TPSA) is 125 Å². The van der Waals surface area contributed by atoms with Gasteiger partial charge in [-0.05, 0) is 24.7 Å². The van der Waals surface area contributed by atoms with E-state index in [2.05, 4.69) is 20.5 Å². The van der Waals surface area contributed by atoms with Gasteiger partial charge in [0.25, 0.3) is 0 Å². The predicted molar refractivity (Wildman–Crippen MR) is 121 cm³/mol. The van der Waals surface area contributed by atoms with Crippen LogP contribution < -0.4 is 11.1 Å². The van der Waals surface area contributed by atoms with Gasteiger partial charge in [0, 0.05) is 0 Å². The SMILES string of the molecule is CCSc1nnc(N)n1C(CC)C(=O)Nc1nc(C)c(C(=O)OCc2ccccc2)s1. The molecule has 3 N–H and O–H groups in total. The Kier molecular flexibility index (Phi) is 7.64. The number of esters is 1. The van der Waals surface area contributed by atoms with Gasteiger partial charge >= 0.3 is 5.97 Å². The lowest BCUT2D eigenvalue weighted by atomic mass is 10.2. The number of aryl methyl sites for hydroxylation is 1. The number of nitrogens with one attached hydrogen (secondary N) is 1. The molecule has 3 rings (SSSR count). The monoisotopic (exact) mass is 460 g/mol. The Bertz CT molecular complexity index is 1050. The molecule has 2 aromatic heterocycles. The number of rotatable bonds is 9. The first-order chi connectivity index (χ1) is 14.9. The van der Waals surface area contributed by atoms with Gasteiger partial charge in [0.2, 0.25) is 11.9 Å². The molecule has 0 spiro atoms. The zero-order valence-electron chi connectivity index (χ0n) is 17.5. The van der Waals surface area contributed by atoms with Crippen molar-refractivity contribution in [3.8, 4) is 0 Å². The second kappa shape index (κ2) is 10.4. The molecule has 1 unspecified atom stereocenters. The molecule has 0 aliphatic heterocycles. The smallest absolute Gasteiger partial charge is 0.350 e. The number of nitrogen functional groups attached to an aromatic ring is 1. The van der Waals surface area contributed by atoms with Gasteiger partial charge in [-0.15, -0.1) is 10.2 Å². The van der Waals surface area contributed by atoms with Gasteiger partial charge in [0.1, 0.15) is 17.5 Å². The molecule has 9 nitrogen and oxygen atoms in total. The summed E-state index contributed by atoms with van der Waals surface area (Å²) in [6, 6.07) is 8.82. The fourth-order valence-corrected chi connectivity index (χ4v) is 4.49. The van der Waals surface area contributed by atoms with Crippen LogP contribution in [0.2, 0.25) is 0 Å². The molecular weight excluding hydrogens is 436 g/mol. The van der Waals surface area contributed by atoms with Crippen LogP contribution in [0.5, 0.6) is 0 Å². The number of hydrogen-bond acceptors (Lipinski definition) is 9. The van der Waals surface area contributed by atoms with Crippen LogP contribution in [0.15, 0.2) is 35.5 Å². The lowest BCUT2D eigenvalue weighted by Crippen LogP contribution is -2.27. The summed E-state index contributed by atoms with van der Waals surface area (Å²) in [4.78, 5) is 30.1. The minimum Gasteiger partial charge on any atom is -0.457 e. The van der Waals surface area contributed by atoms with Gasteiger partial charge in [-0.3, -0.25) is 9.36 Å². The predicted octanol–water partition coefficient (Wildman–Crippen LogP) is 3.68. The number of thioether (sulfide) groups is 1. The van der Waals surface area contributed by atoms with Gasteiger partial charge in [-0.1, -0.05) is 67.3 Å². The highest BCUT2D eigenvalue weighted by Crippen LogP contribution is 2.28. The van der Waals surface area contributed by atoms with Crippen LogP contribution >= 0.6 is 23.1 Å². The summed E-state index contributed by atoms with van der Waals surface area (Å²) >= 11 is 2.54. The van der Waals surface area contributed by atoms with E-state index >= 15 is 0 Å². The van der Waals surface area contributed by atoms with Crippen molar-refractivity contribution in [1.82, 2.24) is 19.7 Å². The highest BCUT2D eigenvalue weighted by molar-refractivity contribution is 7.99. The third kappa shape index (κ3) is 5.42. The first-order valence-electron chi connectivity index (χ1n) is 9.77. The van der Waals surface area contributed by atoms with Crippen LogP contribution in [0.4, 0.5) is 11.1 Å². The summed E-state index contributed by atoms with van der Waals surface area (Å²) in [7, 11) is 0. The summed E-state index contributed by atoms with van der Waals surface area (Å²) in [5, 5.41) is 11.6. The molecule has 1 amide bonds. The van der Waals surface area contributed by atoms with Crippen molar-refractivity contribution in [2.75, 3.05) is 16.8 Å². The summed E-state index contributed by atoms with van der Waals surface area (Å²) < 4.78 is 7.00. The average Bonchev–Trinajstić information content (AvgIpc) is 3.30. The number of nitrogens with zero attached hydrogens (tertiary/aromatic N) is 4. The van der Waals surface area contributed by atoms with Crippen molar-refractivity contribution in [1.29, 1.82) is 0 Å². The quantitative estimate of drug-likeness (QED) is 0.366. The van der Waals surface area contributed by atoms with Gasteiger partial charge in [-0.2, -0.15) is 0 Å². The fraction of sp³-hybridized carbons (Fsp3) is 0.350. The fourth-order valence-electron chi connectivity index (χ4n) is 2.91. The Morgan fingerprint density at radius 2 is 2.00 bits per heavy atom. The zero-order chi connectivity index (χ0) is 22.4. The van der Waals surface area contributed by atoms with Crippen LogP contribution in [0.3, 0.4) is 0 Å². The minimum absolute atomic E-state index is 0.168. The van der Waals surface area contributed by atoms with Crippen molar-refractivity contribution in [2.24, 2.45) is 0 Å². The van der Waals surface area contributed by atoms with Crippen molar-refractivity contribution >= 4 is 46.1 Å². The molecule has 0 saturated heterocycles. The molecule has 0 aliphatic rings. The van der Waals surface area contributed by atoms with E-state index in [0.29, 0.717) is 27.3 Å². The largest absolute Gasteiger partial charge is 0.457 e. The first kappa shape index (κ1) is 22.8. The molecule has 0 bridgehead atoms. The summed E-state index contributed by atoms with van der Waals surface area (Å²) in [5.74, 6) is 0.176. The van der Waals surface area contributed by atoms with Gasteiger partial charge in [0.15, 0.2) is 10.3 Å². The maximum atomic E-state index is 13.0. The van der Waals surface area contributed by atoms with Crippen molar-refractivity contribution < 1.29 is 14.3 Å². The Morgan fingerprint density at radius 3 is 2.68 bits per heavy atom. The molecule has 0 fully saturated rings. The van der Waals surface area contributed by atoms with E-state index in [4.69, 9.17) is 10.5 Å². The van der Waals surface area contributed by atoms with E-state index in [0.717, 1.165) is 22.7 Å². The Hall–Kier alpha value is -2.92. The van der Waals surface area contributed by atoms with Crippen molar-refractivity contribution in [3.63, 3.8) is 0 Å². The number of nitrogens with two attached hydrogens (primary N) is 1. The average molecular weight is 461 g/mol. The van der Waals surface area contributed by atoms with Crippen LogP contribution in [0.1, 0.15) is 47.2 Å². The van der Waals surface area contributed by atoms with Gasteiger partial charge in [0.05, 0.1) is 5.69 Å². The Labute approximate surface area is 188 Å². The molecule has 31 heavy (non-hydrogen) atoms. The maximum Gasteiger partial charge on any atom is 0.350 e. The van der Waals surface area contributed by atoms with E-state index in [1.807, 2.05) is 44.2 Å². The third-order valence-electron chi connectivity index (χ3n) is 4.39. The van der Waals surface area contributed by atoms with Crippen LogP contribution in [0, 0.1) is 6.92 Å². The Morgan fingerprint density at radius 1 is 1.26 bits per heavy atom. The number of amides is 1. The second-order valence-corrected chi connectivity index (χ2v) is 8.78. The molecule has 0 saturated carbocycles. The van der Waals surface area contributed by atoms with Gasteiger partial charge < -0.3 is 15.8 Å². The lowest BCUT2D eigenvalue weighted by Gasteiger charge is -2.18. The highest BCUT2D eigenvalue weighted by Gasteiger charge is 2.26. The molecule has 1 aromatic carbocycles. The number of hydrogen-bond donors (Lipinski definition) is 2. The van der Waals surface area contributed by atoms with Crippen LogP contribution in [-0.4, -0.2) is 37.4 Å². The summed E-state index contributed by atoms with van der Waals surface area (Å²) in [6.45, 7) is 5.74. The Balaban J connectivity index is 1.70. The number of carbonyl (C=O) groups excluding carboxylic acids is 2. The van der Waals surface area contributed by atoms with E-state index in [1.165, 1.54) is 11.8 Å². The second-order valence-electron chi connectivity index (χ2n) is 6.55. The molecule has 1 atom stereocenters. The van der Waals surface area contributed by atoms with E-state index in [9.17, 15) is 9.59 Å². The number of aromatic nitrogens is 4. The van der Waals surface area contributed by atoms with Crippen molar-refractivity contribution in [2.45, 2.75) is 45.0 Å². The number of ether oxygens (including phenoxy) is 1. The van der Waals surface area contributed by atoms with Crippen LogP contribution in [-0.2, 0) is 16.1 Å². The summed E-state index contributed by atoms with van der Waals surface area (Å²) in [6.07, 6.45) is 0.488. The molecule has 0 radical (unpaired) electrons. The van der Waals surface area contributed by atoms with Crippen LogP contribution in [0.25, 0.3) is 0 Å². The number of benzene rings is 1. The van der Waals surface area contributed by atoms with E-state index < -0.39 is 12.0 Å². The minimum atomic E-state index is -0.596. The summed E-state index contributed by atoms with van der Waals surface area (Å²) in [5.41, 5.74) is 7.34. The maximum absolute atomic E-state index is 13.0. The van der Waals surface area contributed by atoms with E-state index in [1.54, 1.807) is 11.5 Å². The molecule has 2 heterocycles. The highest BCUT2D eigenvalue weighted by atomic mass is 32.2. The number of anilines is 2. The molecule has 11 heteroatoms. The molecule has 0 aliphatic carbocycles. The molecular formula is C20H24N6O3S2. The third-order valence-corrected chi connectivity index (χ3v) is 6.27.